The van der Waals surface area contributed by atoms with E-state index in [1.165, 1.54) is 25.3 Å². The summed E-state index contributed by atoms with van der Waals surface area (Å²) in [5.74, 6) is -0.189. The zero-order chi connectivity index (χ0) is 21.1. The molecule has 2 aliphatic rings. The Labute approximate surface area is 175 Å². The van der Waals surface area contributed by atoms with Gasteiger partial charge < -0.3 is 14.5 Å². The third-order valence-electron chi connectivity index (χ3n) is 6.21. The molecule has 5 nitrogen and oxygen atoms in total. The molecule has 2 saturated heterocycles. The highest BCUT2D eigenvalue weighted by Gasteiger charge is 2.38. The van der Waals surface area contributed by atoms with Crippen LogP contribution in [0, 0.1) is 17.6 Å². The van der Waals surface area contributed by atoms with E-state index >= 15 is 0 Å². The number of anilines is 1. The van der Waals surface area contributed by atoms with E-state index in [1.54, 1.807) is 17.0 Å². The predicted molar refractivity (Wildman–Crippen MR) is 112 cm³/mol. The molecule has 0 bridgehead atoms. The molecule has 2 aromatic carbocycles. The van der Waals surface area contributed by atoms with Crippen molar-refractivity contribution in [2.45, 2.75) is 5.92 Å². The van der Waals surface area contributed by atoms with E-state index in [9.17, 15) is 13.6 Å². The summed E-state index contributed by atoms with van der Waals surface area (Å²) >= 11 is 0. The standard InChI is InChI=1S/C23H27F2N3O2/c1-30-23(29)28-15-18(22(16-28)17-3-2-4-20(25)13-17)14-26-9-11-27(12-10-26)21-7-5-19(24)6-8-21/h2-8,13,18,22H,9-12,14-16H2,1H3. The predicted octanol–water partition coefficient (Wildman–Crippen LogP) is 3.57. The lowest BCUT2D eigenvalue weighted by molar-refractivity contribution is 0.129. The number of carbonyl (C=O) groups is 1. The molecule has 0 N–H and O–H groups in total. The lowest BCUT2D eigenvalue weighted by Crippen LogP contribution is -2.48. The Morgan fingerprint density at radius 2 is 1.73 bits per heavy atom. The summed E-state index contributed by atoms with van der Waals surface area (Å²) in [6.45, 7) is 5.49. The van der Waals surface area contributed by atoms with Gasteiger partial charge >= 0.3 is 6.09 Å². The first-order valence-electron chi connectivity index (χ1n) is 10.3. The maximum Gasteiger partial charge on any atom is 0.409 e. The van der Waals surface area contributed by atoms with Gasteiger partial charge in [0.05, 0.1) is 7.11 Å². The van der Waals surface area contributed by atoms with Crippen molar-refractivity contribution in [3.63, 3.8) is 0 Å². The van der Waals surface area contributed by atoms with Gasteiger partial charge in [-0.25, -0.2) is 13.6 Å². The van der Waals surface area contributed by atoms with Crippen LogP contribution in [0.25, 0.3) is 0 Å². The van der Waals surface area contributed by atoms with Crippen LogP contribution in [0.1, 0.15) is 11.5 Å². The van der Waals surface area contributed by atoms with Crippen LogP contribution in [0.3, 0.4) is 0 Å². The highest BCUT2D eigenvalue weighted by atomic mass is 19.1. The maximum atomic E-state index is 13.8. The van der Waals surface area contributed by atoms with Gasteiger partial charge in [0.1, 0.15) is 11.6 Å². The molecule has 4 rings (SSSR count). The van der Waals surface area contributed by atoms with Crippen LogP contribution in [0.4, 0.5) is 19.3 Å². The normalized spacial score (nSPS) is 22.4. The van der Waals surface area contributed by atoms with Crippen LogP contribution in [-0.2, 0) is 4.74 Å². The van der Waals surface area contributed by atoms with Crippen LogP contribution in [0.5, 0.6) is 0 Å². The Morgan fingerprint density at radius 3 is 2.40 bits per heavy atom. The molecule has 0 radical (unpaired) electrons. The summed E-state index contributed by atoms with van der Waals surface area (Å²) in [4.78, 5) is 18.5. The first-order valence-corrected chi connectivity index (χ1v) is 10.3. The first kappa shape index (κ1) is 20.6. The number of hydrogen-bond acceptors (Lipinski definition) is 4. The quantitative estimate of drug-likeness (QED) is 0.765. The van der Waals surface area contributed by atoms with E-state index in [4.69, 9.17) is 4.74 Å². The van der Waals surface area contributed by atoms with Gasteiger partial charge in [-0.1, -0.05) is 12.1 Å². The molecule has 2 unspecified atom stereocenters. The van der Waals surface area contributed by atoms with Crippen molar-refractivity contribution in [1.82, 2.24) is 9.80 Å². The number of piperazine rings is 1. The maximum absolute atomic E-state index is 13.8. The Bertz CT molecular complexity index is 869. The molecule has 160 valence electrons. The fraction of sp³-hybridized carbons (Fsp3) is 0.435. The Morgan fingerprint density at radius 1 is 1.00 bits per heavy atom. The smallest absolute Gasteiger partial charge is 0.409 e. The molecule has 0 aliphatic carbocycles. The Balaban J connectivity index is 1.41. The average Bonchev–Trinajstić information content (AvgIpc) is 3.18. The van der Waals surface area contributed by atoms with Gasteiger partial charge in [-0.3, -0.25) is 4.90 Å². The third-order valence-corrected chi connectivity index (χ3v) is 6.21. The zero-order valence-electron chi connectivity index (χ0n) is 17.1. The number of methoxy groups -OCH3 is 1. The summed E-state index contributed by atoms with van der Waals surface area (Å²) in [5, 5.41) is 0. The molecule has 7 heteroatoms. The lowest BCUT2D eigenvalue weighted by Gasteiger charge is -2.37. The molecule has 2 fully saturated rings. The van der Waals surface area contributed by atoms with Gasteiger partial charge in [0.25, 0.3) is 0 Å². The molecule has 2 aromatic rings. The summed E-state index contributed by atoms with van der Waals surface area (Å²) in [6, 6.07) is 13.3. The van der Waals surface area contributed by atoms with Gasteiger partial charge in [-0.2, -0.15) is 0 Å². The van der Waals surface area contributed by atoms with Crippen LogP contribution < -0.4 is 4.90 Å². The second-order valence-electron chi connectivity index (χ2n) is 8.06. The van der Waals surface area contributed by atoms with Crippen molar-refractivity contribution in [2.75, 3.05) is 57.8 Å². The number of ether oxygens (including phenoxy) is 1. The van der Waals surface area contributed by atoms with Gasteiger partial charge in [0.2, 0.25) is 0 Å². The summed E-state index contributed by atoms with van der Waals surface area (Å²) in [5.41, 5.74) is 1.96. The molecular formula is C23H27F2N3O2. The molecule has 2 atom stereocenters. The Hall–Kier alpha value is -2.67. The monoisotopic (exact) mass is 415 g/mol. The Kier molecular flexibility index (Phi) is 6.18. The highest BCUT2D eigenvalue weighted by Crippen LogP contribution is 2.34. The van der Waals surface area contributed by atoms with Gasteiger partial charge in [0, 0.05) is 57.4 Å². The second-order valence-corrected chi connectivity index (χ2v) is 8.06. The number of hydrogen-bond donors (Lipinski definition) is 0. The van der Waals surface area contributed by atoms with Crippen LogP contribution >= 0.6 is 0 Å². The largest absolute Gasteiger partial charge is 0.453 e. The van der Waals surface area contributed by atoms with Crippen LogP contribution in [0.15, 0.2) is 48.5 Å². The fourth-order valence-corrected chi connectivity index (χ4v) is 4.62. The number of nitrogens with zero attached hydrogens (tertiary/aromatic N) is 3. The van der Waals surface area contributed by atoms with Crippen molar-refractivity contribution in [2.24, 2.45) is 5.92 Å². The minimum Gasteiger partial charge on any atom is -0.453 e. The third kappa shape index (κ3) is 4.56. The van der Waals surface area contributed by atoms with Gasteiger partial charge in [-0.15, -0.1) is 0 Å². The minimum atomic E-state index is -0.333. The van der Waals surface area contributed by atoms with Crippen molar-refractivity contribution in [3.05, 3.63) is 65.7 Å². The number of halogens is 2. The summed E-state index contributed by atoms with van der Waals surface area (Å²) in [6.07, 6.45) is -0.333. The molecule has 2 heterocycles. The second kappa shape index (κ2) is 9.00. The fourth-order valence-electron chi connectivity index (χ4n) is 4.62. The van der Waals surface area contributed by atoms with E-state index in [1.807, 2.05) is 18.2 Å². The molecule has 1 amide bonds. The van der Waals surface area contributed by atoms with Crippen molar-refractivity contribution in [1.29, 1.82) is 0 Å². The number of likely N-dealkylation sites (tertiary alicyclic amines) is 1. The van der Waals surface area contributed by atoms with Gasteiger partial charge in [-0.05, 0) is 47.9 Å². The first-order chi connectivity index (χ1) is 14.5. The zero-order valence-corrected chi connectivity index (χ0v) is 17.1. The SMILES string of the molecule is COC(=O)N1CC(CN2CCN(c3ccc(F)cc3)CC2)C(c2cccc(F)c2)C1. The van der Waals surface area contributed by atoms with E-state index in [-0.39, 0.29) is 29.6 Å². The number of amides is 1. The molecule has 2 aliphatic heterocycles. The number of carbonyl (C=O) groups excluding carboxylic acids is 1. The summed E-state index contributed by atoms with van der Waals surface area (Å²) in [7, 11) is 1.39. The average molecular weight is 415 g/mol. The molecule has 0 aromatic heterocycles. The minimum absolute atomic E-state index is 0.0786. The number of rotatable bonds is 4. The highest BCUT2D eigenvalue weighted by molar-refractivity contribution is 5.68. The van der Waals surface area contributed by atoms with E-state index in [2.05, 4.69) is 9.80 Å². The van der Waals surface area contributed by atoms with Crippen molar-refractivity contribution >= 4 is 11.8 Å². The van der Waals surface area contributed by atoms with Crippen LogP contribution in [0.2, 0.25) is 0 Å². The van der Waals surface area contributed by atoms with E-state index in [0.29, 0.717) is 13.1 Å². The van der Waals surface area contributed by atoms with E-state index in [0.717, 1.165) is 44.0 Å². The summed E-state index contributed by atoms with van der Waals surface area (Å²) < 4.78 is 31.9. The van der Waals surface area contributed by atoms with Crippen molar-refractivity contribution < 1.29 is 18.3 Å². The van der Waals surface area contributed by atoms with Gasteiger partial charge in [0.15, 0.2) is 0 Å². The molecule has 0 saturated carbocycles. The lowest BCUT2D eigenvalue weighted by atomic mass is 9.88. The topological polar surface area (TPSA) is 36.0 Å². The van der Waals surface area contributed by atoms with E-state index < -0.39 is 0 Å². The van der Waals surface area contributed by atoms with Crippen molar-refractivity contribution in [3.8, 4) is 0 Å². The molecule has 0 spiro atoms. The number of benzene rings is 2. The molecular weight excluding hydrogens is 388 g/mol. The van der Waals surface area contributed by atoms with Crippen LogP contribution in [-0.4, -0.2) is 68.8 Å². The molecule has 30 heavy (non-hydrogen) atoms.